The molecule has 2 atom stereocenters. The van der Waals surface area contributed by atoms with Gasteiger partial charge >= 0.3 is 0 Å². The quantitative estimate of drug-likeness (QED) is 0.534. The van der Waals surface area contributed by atoms with Gasteiger partial charge in [-0.05, 0) is 48.9 Å². The molecule has 30 heavy (non-hydrogen) atoms. The zero-order valence-electron chi connectivity index (χ0n) is 18.8. The van der Waals surface area contributed by atoms with Gasteiger partial charge in [0.1, 0.15) is 0 Å². The largest absolute Gasteiger partial charge is 0.306 e. The van der Waals surface area contributed by atoms with Crippen LogP contribution in [0.2, 0.25) is 0 Å². The first-order chi connectivity index (χ1) is 14.3. The minimum atomic E-state index is 0.162. The molecule has 2 unspecified atom stereocenters. The Morgan fingerprint density at radius 2 is 1.67 bits per heavy atom. The average molecular weight is 400 g/mol. The zero-order valence-corrected chi connectivity index (χ0v) is 18.8. The van der Waals surface area contributed by atoms with Crippen molar-refractivity contribution in [3.8, 4) is 5.69 Å². The summed E-state index contributed by atoms with van der Waals surface area (Å²) in [5.74, 6) is 0.417. The fourth-order valence-electron chi connectivity index (χ4n) is 4.45. The summed E-state index contributed by atoms with van der Waals surface area (Å²) < 4.78 is 2.11. The number of hydrogen-bond acceptors (Lipinski definition) is 2. The molecule has 1 aliphatic rings. The van der Waals surface area contributed by atoms with Gasteiger partial charge in [0, 0.05) is 29.8 Å². The molecule has 0 radical (unpaired) electrons. The Hall–Kier alpha value is -2.65. The van der Waals surface area contributed by atoms with Gasteiger partial charge in [0.15, 0.2) is 0 Å². The Labute approximate surface area is 180 Å². The first kappa shape index (κ1) is 20.6. The van der Waals surface area contributed by atoms with Gasteiger partial charge in [-0.1, -0.05) is 75.4 Å². The van der Waals surface area contributed by atoms with Crippen molar-refractivity contribution >= 4 is 0 Å². The maximum absolute atomic E-state index is 4.90. The molecule has 0 bridgehead atoms. The Bertz CT molecular complexity index is 1020. The van der Waals surface area contributed by atoms with Crippen LogP contribution in [0.15, 0.2) is 66.7 Å². The van der Waals surface area contributed by atoms with Crippen LogP contribution >= 0.6 is 0 Å². The molecular formula is C27H33N3. The van der Waals surface area contributed by atoms with Gasteiger partial charge in [-0.25, -0.2) is 4.68 Å². The number of allylic oxidation sites excluding steroid dienone is 1. The molecule has 4 rings (SSSR count). The molecule has 0 fully saturated rings. The molecule has 2 aromatic carbocycles. The maximum atomic E-state index is 4.90. The highest BCUT2D eigenvalue weighted by Gasteiger charge is 2.26. The maximum Gasteiger partial charge on any atom is 0.0649 e. The lowest BCUT2D eigenvalue weighted by Gasteiger charge is -2.19. The van der Waals surface area contributed by atoms with Crippen LogP contribution in [0.3, 0.4) is 0 Å². The molecule has 0 saturated heterocycles. The van der Waals surface area contributed by atoms with Gasteiger partial charge in [0.2, 0.25) is 0 Å². The van der Waals surface area contributed by atoms with E-state index in [2.05, 4.69) is 111 Å². The van der Waals surface area contributed by atoms with E-state index in [0.29, 0.717) is 12.0 Å². The lowest BCUT2D eigenvalue weighted by Crippen LogP contribution is -2.25. The van der Waals surface area contributed by atoms with Crippen molar-refractivity contribution in [1.29, 1.82) is 0 Å². The summed E-state index contributed by atoms with van der Waals surface area (Å²) in [6.45, 7) is 12.0. The summed E-state index contributed by atoms with van der Waals surface area (Å²) in [7, 11) is 0. The lowest BCUT2D eigenvalue weighted by atomic mass is 9.87. The van der Waals surface area contributed by atoms with Crippen LogP contribution in [0.25, 0.3) is 5.69 Å². The van der Waals surface area contributed by atoms with Gasteiger partial charge in [0.05, 0.1) is 11.4 Å². The van der Waals surface area contributed by atoms with E-state index in [0.717, 1.165) is 24.3 Å². The Morgan fingerprint density at radius 3 is 2.33 bits per heavy atom. The van der Waals surface area contributed by atoms with E-state index < -0.39 is 0 Å². The zero-order chi connectivity index (χ0) is 21.3. The molecule has 156 valence electrons. The molecule has 0 saturated carbocycles. The minimum Gasteiger partial charge on any atom is -0.306 e. The SMILES string of the molecule is Cc1nn(-c2ccc(C(C)(C)C)cc2)c(C)c1C1C=CC(NCc2ccccc2)C1. The van der Waals surface area contributed by atoms with Crippen LogP contribution in [-0.2, 0) is 12.0 Å². The van der Waals surface area contributed by atoms with Crippen LogP contribution < -0.4 is 5.32 Å². The number of rotatable bonds is 5. The number of hydrogen-bond donors (Lipinski definition) is 1. The highest BCUT2D eigenvalue weighted by Crippen LogP contribution is 2.34. The van der Waals surface area contributed by atoms with Gasteiger partial charge < -0.3 is 5.32 Å². The third-order valence-electron chi connectivity index (χ3n) is 6.19. The molecule has 1 aliphatic carbocycles. The molecule has 1 N–H and O–H groups in total. The number of aromatic nitrogens is 2. The van der Waals surface area contributed by atoms with Crippen molar-refractivity contribution in [1.82, 2.24) is 15.1 Å². The van der Waals surface area contributed by atoms with Crippen molar-refractivity contribution < 1.29 is 0 Å². The van der Waals surface area contributed by atoms with E-state index in [-0.39, 0.29) is 5.41 Å². The van der Waals surface area contributed by atoms with E-state index in [1.54, 1.807) is 0 Å². The second-order valence-electron chi connectivity index (χ2n) is 9.49. The van der Waals surface area contributed by atoms with Crippen molar-refractivity contribution in [2.45, 2.75) is 65.0 Å². The molecule has 0 aliphatic heterocycles. The summed E-state index contributed by atoms with van der Waals surface area (Å²) >= 11 is 0. The van der Waals surface area contributed by atoms with Crippen LogP contribution in [0.1, 0.15) is 61.2 Å². The van der Waals surface area contributed by atoms with Crippen molar-refractivity contribution in [3.63, 3.8) is 0 Å². The van der Waals surface area contributed by atoms with Crippen molar-refractivity contribution in [2.24, 2.45) is 0 Å². The van der Waals surface area contributed by atoms with Crippen molar-refractivity contribution in [3.05, 3.63) is 94.8 Å². The van der Waals surface area contributed by atoms with Gasteiger partial charge in [-0.2, -0.15) is 5.10 Å². The molecule has 1 aromatic heterocycles. The molecule has 3 heteroatoms. The molecular weight excluding hydrogens is 366 g/mol. The predicted octanol–water partition coefficient (Wildman–Crippen LogP) is 5.99. The first-order valence-electron chi connectivity index (χ1n) is 11.0. The summed E-state index contributed by atoms with van der Waals surface area (Å²) in [5.41, 5.74) is 7.72. The average Bonchev–Trinajstić information content (AvgIpc) is 3.30. The fourth-order valence-corrected chi connectivity index (χ4v) is 4.45. The fraction of sp³-hybridized carbons (Fsp3) is 0.370. The van der Waals surface area contributed by atoms with E-state index >= 15 is 0 Å². The van der Waals surface area contributed by atoms with E-state index in [1.807, 2.05) is 0 Å². The smallest absolute Gasteiger partial charge is 0.0649 e. The standard InChI is InChI=1S/C27H33N3/c1-19-26(22-11-14-24(17-22)28-18-21-9-7-6-8-10-21)20(2)30(29-19)25-15-12-23(13-16-25)27(3,4)5/h6-16,22,24,28H,17-18H2,1-5H3. The third-order valence-corrected chi connectivity index (χ3v) is 6.19. The van der Waals surface area contributed by atoms with Crippen LogP contribution in [0, 0.1) is 13.8 Å². The second-order valence-corrected chi connectivity index (χ2v) is 9.49. The summed E-state index contributed by atoms with van der Waals surface area (Å²) in [4.78, 5) is 0. The van der Waals surface area contributed by atoms with E-state index in [9.17, 15) is 0 Å². The Morgan fingerprint density at radius 1 is 0.967 bits per heavy atom. The number of aryl methyl sites for hydroxylation is 1. The number of nitrogens with zero attached hydrogens (tertiary/aromatic N) is 2. The topological polar surface area (TPSA) is 29.9 Å². The minimum absolute atomic E-state index is 0.162. The first-order valence-corrected chi connectivity index (χ1v) is 11.0. The Balaban J connectivity index is 1.48. The molecule has 3 aromatic rings. The number of nitrogens with one attached hydrogen (secondary N) is 1. The molecule has 0 amide bonds. The molecule has 1 heterocycles. The van der Waals surface area contributed by atoms with Gasteiger partial charge in [0.25, 0.3) is 0 Å². The van der Waals surface area contributed by atoms with Crippen LogP contribution in [0.4, 0.5) is 0 Å². The lowest BCUT2D eigenvalue weighted by molar-refractivity contribution is 0.559. The molecule has 3 nitrogen and oxygen atoms in total. The second kappa shape index (κ2) is 8.23. The van der Waals surface area contributed by atoms with Crippen molar-refractivity contribution in [2.75, 3.05) is 0 Å². The van der Waals surface area contributed by atoms with E-state index in [1.165, 1.54) is 22.4 Å². The predicted molar refractivity (Wildman–Crippen MR) is 125 cm³/mol. The normalized spacial score (nSPS) is 18.8. The Kier molecular flexibility index (Phi) is 5.66. The molecule has 0 spiro atoms. The van der Waals surface area contributed by atoms with Gasteiger partial charge in [-0.3, -0.25) is 0 Å². The summed E-state index contributed by atoms with van der Waals surface area (Å²) in [6, 6.07) is 19.8. The van der Waals surface area contributed by atoms with E-state index in [4.69, 9.17) is 5.10 Å². The number of benzene rings is 2. The highest BCUT2D eigenvalue weighted by atomic mass is 15.3. The summed E-state index contributed by atoms with van der Waals surface area (Å²) in [6.07, 6.45) is 5.76. The highest BCUT2D eigenvalue weighted by molar-refractivity contribution is 5.43. The monoisotopic (exact) mass is 399 g/mol. The van der Waals surface area contributed by atoms with Crippen LogP contribution in [-0.4, -0.2) is 15.8 Å². The van der Waals surface area contributed by atoms with Gasteiger partial charge in [-0.15, -0.1) is 0 Å². The summed E-state index contributed by atoms with van der Waals surface area (Å²) in [5, 5.41) is 8.58. The third kappa shape index (κ3) is 4.27. The van der Waals surface area contributed by atoms with Crippen LogP contribution in [0.5, 0.6) is 0 Å².